The van der Waals surface area contributed by atoms with E-state index in [-0.39, 0.29) is 0 Å². The normalized spacial score (nSPS) is 30.9. The van der Waals surface area contributed by atoms with Crippen LogP contribution in [0.5, 0.6) is 0 Å². The Bertz CT molecular complexity index is 373. The van der Waals surface area contributed by atoms with Crippen LogP contribution in [-0.4, -0.2) is 22.6 Å². The quantitative estimate of drug-likeness (QED) is 0.362. The zero-order valence-electron chi connectivity index (χ0n) is 19.7. The summed E-state index contributed by atoms with van der Waals surface area (Å²) >= 11 is 0. The van der Waals surface area contributed by atoms with Crippen molar-refractivity contribution in [2.75, 3.05) is 0 Å². The molecule has 0 aliphatic heterocycles. The van der Waals surface area contributed by atoms with Gasteiger partial charge in [-0.2, -0.15) is 0 Å². The molecule has 0 amide bonds. The third kappa shape index (κ3) is 9.90. The second-order valence-corrected chi connectivity index (χ2v) is 14.8. The molecule has 3 atom stereocenters. The fraction of sp³-hybridized carbons (Fsp3) is 1.00. The molecule has 0 saturated heterocycles. The van der Waals surface area contributed by atoms with Gasteiger partial charge in [0.05, 0.1) is 0 Å². The van der Waals surface area contributed by atoms with E-state index in [1.54, 1.807) is 57.8 Å². The predicted molar refractivity (Wildman–Crippen MR) is 138 cm³/mol. The average Bonchev–Trinajstić information content (AvgIpc) is 2.77. The Balaban J connectivity index is 0.000000169. The molecule has 0 nitrogen and oxygen atoms in total. The van der Waals surface area contributed by atoms with Gasteiger partial charge in [-0.05, 0) is 79.9 Å². The molecule has 170 valence electrons. The van der Waals surface area contributed by atoms with Crippen LogP contribution < -0.4 is 0 Å². The molecule has 0 aromatic heterocycles. The number of rotatable bonds is 6. The van der Waals surface area contributed by atoms with Gasteiger partial charge in [-0.1, -0.05) is 90.4 Å². The maximum atomic E-state index is 2.35. The minimum absolute atomic E-state index is 1.10. The van der Waals surface area contributed by atoms with E-state index in [0.29, 0.717) is 0 Å². The maximum Gasteiger partial charge on any atom is -0.0232 e. The predicted octanol–water partition coefficient (Wildman–Crippen LogP) is 9.69. The monoisotopic (exact) mass is 438 g/mol. The molecule has 4 rings (SSSR count). The van der Waals surface area contributed by atoms with Crippen molar-refractivity contribution >= 4 is 17.2 Å². The Morgan fingerprint density at radius 1 is 0.483 bits per heavy atom. The highest BCUT2D eigenvalue weighted by Gasteiger charge is 2.25. The van der Waals surface area contributed by atoms with E-state index < -0.39 is 0 Å². The topological polar surface area (TPSA) is 0 Å². The second-order valence-electron chi connectivity index (χ2n) is 10.9. The van der Waals surface area contributed by atoms with Gasteiger partial charge in [0, 0.05) is 0 Å². The Hall–Kier alpha value is 0.860. The van der Waals surface area contributed by atoms with E-state index in [2.05, 4.69) is 6.92 Å². The first kappa shape index (κ1) is 24.5. The van der Waals surface area contributed by atoms with Crippen LogP contribution in [-0.2, 0) is 0 Å². The molecule has 0 aromatic rings. The minimum atomic E-state index is 1.10. The van der Waals surface area contributed by atoms with Crippen molar-refractivity contribution in [2.45, 2.75) is 164 Å². The molecular formula is C27H52P2. The standard InChI is InChI=1S/C15H29P.C12H23P/c1-2-7-13-8-6-11-15(12-13)16-14-9-4-3-5-10-14;1-3-7-11(8-4-1)13-12-9-5-2-6-10-12/h13-16H,2-12H2,1H3;11-13H,1-10H2. The first-order valence-corrected chi connectivity index (χ1v) is 16.2. The number of hydrogen-bond donors (Lipinski definition) is 0. The van der Waals surface area contributed by atoms with Gasteiger partial charge in [-0.15, -0.1) is 17.2 Å². The van der Waals surface area contributed by atoms with Gasteiger partial charge in [0.15, 0.2) is 0 Å². The number of hydrogen-bond acceptors (Lipinski definition) is 0. The minimum Gasteiger partial charge on any atom is -0.116 e. The van der Waals surface area contributed by atoms with E-state index >= 15 is 0 Å². The molecule has 29 heavy (non-hydrogen) atoms. The summed E-state index contributed by atoms with van der Waals surface area (Å²) in [6.45, 7) is 2.35. The highest BCUT2D eigenvalue weighted by molar-refractivity contribution is 7.40. The van der Waals surface area contributed by atoms with Crippen molar-refractivity contribution in [1.82, 2.24) is 0 Å². The molecule has 4 saturated carbocycles. The summed E-state index contributed by atoms with van der Waals surface area (Å²) in [5.41, 5.74) is 4.57. The maximum absolute atomic E-state index is 2.35. The van der Waals surface area contributed by atoms with Crippen molar-refractivity contribution in [2.24, 2.45) is 5.92 Å². The second kappa shape index (κ2) is 14.8. The highest BCUT2D eigenvalue weighted by Crippen LogP contribution is 2.44. The molecule has 4 fully saturated rings. The van der Waals surface area contributed by atoms with Crippen LogP contribution in [0.3, 0.4) is 0 Å². The van der Waals surface area contributed by atoms with Crippen molar-refractivity contribution in [1.29, 1.82) is 0 Å². The van der Waals surface area contributed by atoms with Crippen LogP contribution in [0.15, 0.2) is 0 Å². The Kier molecular flexibility index (Phi) is 12.5. The van der Waals surface area contributed by atoms with Gasteiger partial charge >= 0.3 is 0 Å². The lowest BCUT2D eigenvalue weighted by molar-refractivity contribution is 0.341. The molecule has 3 unspecified atom stereocenters. The molecule has 0 radical (unpaired) electrons. The zero-order valence-corrected chi connectivity index (χ0v) is 21.7. The summed E-state index contributed by atoms with van der Waals surface area (Å²) in [4.78, 5) is 0. The SMILES string of the molecule is C1CCC(PC2CCCCC2)CC1.CCCC1CCCC(PC2CCCCC2)C1. The zero-order chi connectivity index (χ0) is 20.2. The van der Waals surface area contributed by atoms with Crippen molar-refractivity contribution in [3.63, 3.8) is 0 Å². The summed E-state index contributed by atoms with van der Waals surface area (Å²) in [5.74, 6) is 1.10. The van der Waals surface area contributed by atoms with Gasteiger partial charge in [0.1, 0.15) is 0 Å². The largest absolute Gasteiger partial charge is 0.116 e. The average molecular weight is 439 g/mol. The van der Waals surface area contributed by atoms with Crippen LogP contribution in [0.2, 0.25) is 0 Å². The third-order valence-corrected chi connectivity index (χ3v) is 12.4. The lowest BCUT2D eigenvalue weighted by Crippen LogP contribution is -2.19. The van der Waals surface area contributed by atoms with Gasteiger partial charge in [-0.3, -0.25) is 0 Å². The third-order valence-electron chi connectivity index (χ3n) is 8.24. The van der Waals surface area contributed by atoms with E-state index in [0.717, 1.165) is 28.6 Å². The fourth-order valence-electron chi connectivity index (χ4n) is 6.59. The molecule has 4 aliphatic rings. The molecule has 0 bridgehead atoms. The van der Waals surface area contributed by atoms with Gasteiger partial charge < -0.3 is 0 Å². The van der Waals surface area contributed by atoms with Crippen molar-refractivity contribution in [3.8, 4) is 0 Å². The van der Waals surface area contributed by atoms with E-state index in [1.165, 1.54) is 94.2 Å². The highest BCUT2D eigenvalue weighted by atomic mass is 31.1. The van der Waals surface area contributed by atoms with Gasteiger partial charge in [0.2, 0.25) is 0 Å². The smallest absolute Gasteiger partial charge is 0.0232 e. The molecule has 0 N–H and O–H groups in total. The molecule has 0 spiro atoms. The van der Waals surface area contributed by atoms with Gasteiger partial charge in [-0.25, -0.2) is 0 Å². The first-order chi connectivity index (χ1) is 14.3. The molecule has 0 heterocycles. The Labute approximate surface area is 187 Å². The summed E-state index contributed by atoms with van der Waals surface area (Å²) in [6.07, 6.45) is 32.3. The molecule has 2 heteroatoms. The van der Waals surface area contributed by atoms with Crippen LogP contribution in [0.4, 0.5) is 0 Å². The molecule has 4 aliphatic carbocycles. The lowest BCUT2D eigenvalue weighted by atomic mass is 9.86. The van der Waals surface area contributed by atoms with E-state index in [4.69, 9.17) is 0 Å². The lowest BCUT2D eigenvalue weighted by Gasteiger charge is -2.33. The Morgan fingerprint density at radius 2 is 0.897 bits per heavy atom. The van der Waals surface area contributed by atoms with E-state index in [1.807, 2.05) is 0 Å². The van der Waals surface area contributed by atoms with Crippen LogP contribution in [0.25, 0.3) is 0 Å². The molecule has 0 aromatic carbocycles. The van der Waals surface area contributed by atoms with Crippen LogP contribution >= 0.6 is 17.2 Å². The Morgan fingerprint density at radius 3 is 1.34 bits per heavy atom. The summed E-state index contributed by atoms with van der Waals surface area (Å²) in [7, 11) is 2.65. The molecular weight excluding hydrogens is 386 g/mol. The van der Waals surface area contributed by atoms with E-state index in [9.17, 15) is 0 Å². The van der Waals surface area contributed by atoms with Crippen molar-refractivity contribution < 1.29 is 0 Å². The van der Waals surface area contributed by atoms with Crippen LogP contribution in [0.1, 0.15) is 142 Å². The fourth-order valence-corrected chi connectivity index (χ4v) is 11.0. The summed E-state index contributed by atoms with van der Waals surface area (Å²) in [5, 5.41) is 0. The van der Waals surface area contributed by atoms with Crippen molar-refractivity contribution in [3.05, 3.63) is 0 Å². The van der Waals surface area contributed by atoms with Gasteiger partial charge in [0.25, 0.3) is 0 Å². The summed E-state index contributed by atoms with van der Waals surface area (Å²) in [6, 6.07) is 0. The first-order valence-electron chi connectivity index (χ1n) is 13.9. The summed E-state index contributed by atoms with van der Waals surface area (Å²) < 4.78 is 0. The van der Waals surface area contributed by atoms with Crippen LogP contribution in [0, 0.1) is 5.92 Å².